The Morgan fingerprint density at radius 2 is 2.53 bits per heavy atom. The first kappa shape index (κ1) is 11.2. The van der Waals surface area contributed by atoms with Crippen LogP contribution >= 0.6 is 0 Å². The van der Waals surface area contributed by atoms with Crippen LogP contribution in [0.5, 0.6) is 0 Å². The smallest absolute Gasteiger partial charge is 0.310 e. The Morgan fingerprint density at radius 1 is 1.80 bits per heavy atom. The number of nitro groups is 1. The first-order valence-corrected chi connectivity index (χ1v) is 4.44. The summed E-state index contributed by atoms with van der Waals surface area (Å²) in [6, 6.07) is 0. The molecule has 1 atom stereocenters. The molecule has 0 bridgehead atoms. The van der Waals surface area contributed by atoms with Gasteiger partial charge in [0.2, 0.25) is 0 Å². The van der Waals surface area contributed by atoms with Gasteiger partial charge in [-0.1, -0.05) is 6.92 Å². The molecule has 0 aliphatic heterocycles. The highest BCUT2D eigenvalue weighted by atomic mass is 16.6. The lowest BCUT2D eigenvalue weighted by Crippen LogP contribution is -2.15. The molecule has 1 rings (SSSR count). The average molecular weight is 213 g/mol. The number of nitrogens with one attached hydrogen (secondary N) is 1. The van der Waals surface area contributed by atoms with E-state index in [0.29, 0.717) is 18.6 Å². The Labute approximate surface area is 85.6 Å². The molecule has 0 aliphatic carbocycles. The quantitative estimate of drug-likeness (QED) is 0.428. The van der Waals surface area contributed by atoms with Crippen molar-refractivity contribution in [2.75, 3.05) is 0 Å². The molecule has 0 saturated carbocycles. The van der Waals surface area contributed by atoms with Gasteiger partial charge in [-0.3, -0.25) is 20.0 Å². The van der Waals surface area contributed by atoms with Crippen LogP contribution in [0.3, 0.4) is 0 Å². The molecule has 7 heteroatoms. The molecule has 0 amide bonds. The maximum absolute atomic E-state index is 10.5. The Balaban J connectivity index is 2.74. The molecule has 0 saturated heterocycles. The zero-order chi connectivity index (χ0) is 11.3. The van der Waals surface area contributed by atoms with Gasteiger partial charge in [0.1, 0.15) is 18.0 Å². The Hall–Kier alpha value is -1.92. The summed E-state index contributed by atoms with van der Waals surface area (Å²) in [4.78, 5) is 20.2. The standard InChI is InChI=1S/C8H11N3O4/c1-2-6(15-5-12)3-7-8(11(13)14)4-9-10-7/h4-6H,2-3H2,1H3,(H,9,10). The van der Waals surface area contributed by atoms with Gasteiger partial charge >= 0.3 is 5.69 Å². The second-order valence-corrected chi connectivity index (χ2v) is 2.96. The molecule has 0 spiro atoms. The van der Waals surface area contributed by atoms with Crippen LogP contribution in [0.25, 0.3) is 0 Å². The van der Waals surface area contributed by atoms with E-state index in [0.717, 1.165) is 6.20 Å². The summed E-state index contributed by atoms with van der Waals surface area (Å²) < 4.78 is 4.75. The number of carbonyl (C=O) groups is 1. The van der Waals surface area contributed by atoms with E-state index in [2.05, 4.69) is 10.2 Å². The van der Waals surface area contributed by atoms with Crippen LogP contribution in [0, 0.1) is 10.1 Å². The topological polar surface area (TPSA) is 98.1 Å². The van der Waals surface area contributed by atoms with Gasteiger partial charge in [-0.05, 0) is 6.42 Å². The third-order valence-corrected chi connectivity index (χ3v) is 2.03. The minimum atomic E-state index is -0.521. The lowest BCUT2D eigenvalue weighted by atomic mass is 10.1. The molecule has 82 valence electrons. The lowest BCUT2D eigenvalue weighted by Gasteiger charge is -2.10. The Bertz CT molecular complexity index is 349. The molecule has 0 aliphatic rings. The maximum Gasteiger partial charge on any atom is 0.310 e. The summed E-state index contributed by atoms with van der Waals surface area (Å²) in [5, 5.41) is 16.6. The van der Waals surface area contributed by atoms with Crippen LogP contribution in [0.4, 0.5) is 5.69 Å². The highest BCUT2D eigenvalue weighted by Crippen LogP contribution is 2.17. The predicted molar refractivity (Wildman–Crippen MR) is 50.2 cm³/mol. The third-order valence-electron chi connectivity index (χ3n) is 2.03. The molecular formula is C8H11N3O4. The molecule has 1 N–H and O–H groups in total. The first-order chi connectivity index (χ1) is 7.19. The van der Waals surface area contributed by atoms with Crippen LogP contribution in [0.1, 0.15) is 19.0 Å². The van der Waals surface area contributed by atoms with E-state index in [1.165, 1.54) is 0 Å². The van der Waals surface area contributed by atoms with E-state index >= 15 is 0 Å². The number of aromatic amines is 1. The number of carbonyl (C=O) groups excluding carboxylic acids is 1. The van der Waals surface area contributed by atoms with Crippen LogP contribution in [0.2, 0.25) is 0 Å². The third kappa shape index (κ3) is 2.76. The minimum absolute atomic E-state index is 0.0806. The van der Waals surface area contributed by atoms with Crippen molar-refractivity contribution in [3.8, 4) is 0 Å². The number of aromatic nitrogens is 2. The number of ether oxygens (including phenoxy) is 1. The fourth-order valence-electron chi connectivity index (χ4n) is 1.21. The normalized spacial score (nSPS) is 12.1. The van der Waals surface area contributed by atoms with Gasteiger partial charge in [0, 0.05) is 6.42 Å². The molecule has 0 aromatic carbocycles. The Morgan fingerprint density at radius 3 is 3.07 bits per heavy atom. The highest BCUT2D eigenvalue weighted by Gasteiger charge is 2.19. The number of rotatable bonds is 6. The van der Waals surface area contributed by atoms with Crippen molar-refractivity contribution < 1.29 is 14.5 Å². The largest absolute Gasteiger partial charge is 0.464 e. The number of hydrogen-bond acceptors (Lipinski definition) is 5. The van der Waals surface area contributed by atoms with Gasteiger partial charge in [-0.2, -0.15) is 5.10 Å². The number of H-pyrrole nitrogens is 1. The van der Waals surface area contributed by atoms with Gasteiger partial charge in [0.05, 0.1) is 4.92 Å². The maximum atomic E-state index is 10.5. The zero-order valence-corrected chi connectivity index (χ0v) is 8.17. The lowest BCUT2D eigenvalue weighted by molar-refractivity contribution is -0.385. The fourth-order valence-corrected chi connectivity index (χ4v) is 1.21. The molecule has 0 radical (unpaired) electrons. The molecule has 1 aromatic heterocycles. The second kappa shape index (κ2) is 5.08. The molecule has 0 fully saturated rings. The van der Waals surface area contributed by atoms with E-state index in [1.807, 2.05) is 6.92 Å². The summed E-state index contributed by atoms with van der Waals surface area (Å²) >= 11 is 0. The van der Waals surface area contributed by atoms with Crippen LogP contribution in [-0.4, -0.2) is 27.7 Å². The molecule has 1 heterocycles. The van der Waals surface area contributed by atoms with Gasteiger partial charge in [0.25, 0.3) is 6.47 Å². The highest BCUT2D eigenvalue weighted by molar-refractivity contribution is 5.38. The van der Waals surface area contributed by atoms with E-state index in [-0.39, 0.29) is 18.2 Å². The van der Waals surface area contributed by atoms with Gasteiger partial charge in [0.15, 0.2) is 0 Å². The van der Waals surface area contributed by atoms with Crippen molar-refractivity contribution in [3.63, 3.8) is 0 Å². The van der Waals surface area contributed by atoms with Crippen LogP contribution < -0.4 is 0 Å². The van der Waals surface area contributed by atoms with Crippen molar-refractivity contribution >= 4 is 12.2 Å². The van der Waals surface area contributed by atoms with E-state index in [1.54, 1.807) is 0 Å². The van der Waals surface area contributed by atoms with Crippen LogP contribution in [-0.2, 0) is 16.0 Å². The van der Waals surface area contributed by atoms with Crippen molar-refractivity contribution in [2.45, 2.75) is 25.9 Å². The van der Waals surface area contributed by atoms with Gasteiger partial charge in [-0.15, -0.1) is 0 Å². The van der Waals surface area contributed by atoms with Crippen LogP contribution in [0.15, 0.2) is 6.20 Å². The van der Waals surface area contributed by atoms with Gasteiger partial charge in [-0.25, -0.2) is 0 Å². The van der Waals surface area contributed by atoms with Crippen molar-refractivity contribution in [1.29, 1.82) is 0 Å². The summed E-state index contributed by atoms with van der Waals surface area (Å²) in [7, 11) is 0. The first-order valence-electron chi connectivity index (χ1n) is 4.44. The summed E-state index contributed by atoms with van der Waals surface area (Å²) in [6.07, 6.45) is 1.64. The average Bonchev–Trinajstić information content (AvgIpc) is 2.65. The summed E-state index contributed by atoms with van der Waals surface area (Å²) in [5.41, 5.74) is 0.289. The molecule has 1 unspecified atom stereocenters. The second-order valence-electron chi connectivity index (χ2n) is 2.96. The van der Waals surface area contributed by atoms with E-state index in [9.17, 15) is 14.9 Å². The SMILES string of the molecule is CCC(Cc1[nH]ncc1[N+](=O)[O-])OC=O. The summed E-state index contributed by atoms with van der Waals surface area (Å²) in [5.74, 6) is 0. The zero-order valence-electron chi connectivity index (χ0n) is 8.17. The van der Waals surface area contributed by atoms with Crippen molar-refractivity contribution in [3.05, 3.63) is 22.0 Å². The molecule has 1 aromatic rings. The number of hydrogen-bond donors (Lipinski definition) is 1. The predicted octanol–water partition coefficient (Wildman–Crippen LogP) is 0.812. The van der Waals surface area contributed by atoms with E-state index in [4.69, 9.17) is 4.74 Å². The number of nitrogens with zero attached hydrogens (tertiary/aromatic N) is 2. The fraction of sp³-hybridized carbons (Fsp3) is 0.500. The van der Waals surface area contributed by atoms with E-state index < -0.39 is 4.92 Å². The summed E-state index contributed by atoms with van der Waals surface area (Å²) in [6.45, 7) is 2.17. The molecule has 15 heavy (non-hydrogen) atoms. The van der Waals surface area contributed by atoms with Crippen molar-refractivity contribution in [2.24, 2.45) is 0 Å². The monoisotopic (exact) mass is 213 g/mol. The van der Waals surface area contributed by atoms with Gasteiger partial charge < -0.3 is 4.74 Å². The molecule has 7 nitrogen and oxygen atoms in total. The molecular weight excluding hydrogens is 202 g/mol. The van der Waals surface area contributed by atoms with Crippen molar-refractivity contribution in [1.82, 2.24) is 10.2 Å². The Kier molecular flexibility index (Phi) is 3.78. The minimum Gasteiger partial charge on any atom is -0.464 e.